The molecule has 0 atom stereocenters. The predicted molar refractivity (Wildman–Crippen MR) is 87.5 cm³/mol. The minimum absolute atomic E-state index is 0.132. The van der Waals surface area contributed by atoms with Crippen molar-refractivity contribution in [3.05, 3.63) is 66.5 Å². The SMILES string of the molecule is O=C(OCc1nc2ccsc2c(=O)[nH]1)c1ccc(Cl)cc1[N+](=O)[O-]. The molecule has 24 heavy (non-hydrogen) atoms. The number of esters is 1. The Kier molecular flexibility index (Phi) is 4.28. The number of H-pyrrole nitrogens is 1. The van der Waals surface area contributed by atoms with Crippen LogP contribution in [-0.2, 0) is 11.3 Å². The molecule has 0 aliphatic heterocycles. The summed E-state index contributed by atoms with van der Waals surface area (Å²) >= 11 is 6.94. The van der Waals surface area contributed by atoms with Gasteiger partial charge in [-0.3, -0.25) is 14.9 Å². The number of thiophene rings is 1. The van der Waals surface area contributed by atoms with Crippen molar-refractivity contribution in [1.29, 1.82) is 0 Å². The molecule has 0 amide bonds. The third-order valence-corrected chi connectivity index (χ3v) is 4.22. The van der Waals surface area contributed by atoms with Crippen molar-refractivity contribution >= 4 is 44.8 Å². The molecule has 2 aromatic heterocycles. The van der Waals surface area contributed by atoms with E-state index in [1.165, 1.54) is 23.5 Å². The first kappa shape index (κ1) is 16.1. The van der Waals surface area contributed by atoms with Gasteiger partial charge in [-0.05, 0) is 23.6 Å². The van der Waals surface area contributed by atoms with Gasteiger partial charge in [0.1, 0.15) is 22.7 Å². The van der Waals surface area contributed by atoms with Gasteiger partial charge in [-0.25, -0.2) is 9.78 Å². The number of rotatable bonds is 4. The van der Waals surface area contributed by atoms with Gasteiger partial charge in [-0.1, -0.05) is 11.6 Å². The van der Waals surface area contributed by atoms with Crippen LogP contribution in [0.4, 0.5) is 5.69 Å². The molecule has 0 aliphatic carbocycles. The fraction of sp³-hybridized carbons (Fsp3) is 0.0714. The van der Waals surface area contributed by atoms with E-state index in [9.17, 15) is 19.7 Å². The van der Waals surface area contributed by atoms with Gasteiger partial charge < -0.3 is 9.72 Å². The van der Waals surface area contributed by atoms with Crippen molar-refractivity contribution in [3.63, 3.8) is 0 Å². The zero-order valence-corrected chi connectivity index (χ0v) is 13.4. The van der Waals surface area contributed by atoms with Gasteiger partial charge in [0, 0.05) is 11.1 Å². The quantitative estimate of drug-likeness (QED) is 0.431. The standard InChI is InChI=1S/C14H8ClN3O5S/c15-7-1-2-8(10(5-7)18(21)22)14(20)23-6-11-16-9-3-4-24-12(9)13(19)17-11/h1-5H,6H2,(H,16,17,19). The monoisotopic (exact) mass is 365 g/mol. The molecule has 0 bridgehead atoms. The molecule has 0 aliphatic rings. The highest BCUT2D eigenvalue weighted by Crippen LogP contribution is 2.24. The molecule has 2 heterocycles. The second kappa shape index (κ2) is 6.38. The van der Waals surface area contributed by atoms with E-state index in [-0.39, 0.29) is 28.6 Å². The maximum absolute atomic E-state index is 12.1. The van der Waals surface area contributed by atoms with Crippen LogP contribution >= 0.6 is 22.9 Å². The van der Waals surface area contributed by atoms with Crippen LogP contribution in [0.25, 0.3) is 10.2 Å². The average Bonchev–Trinajstić information content (AvgIpc) is 3.01. The molecule has 0 unspecified atom stereocenters. The highest BCUT2D eigenvalue weighted by Gasteiger charge is 2.22. The van der Waals surface area contributed by atoms with Gasteiger partial charge in [0.15, 0.2) is 0 Å². The average molecular weight is 366 g/mol. The molecular weight excluding hydrogens is 358 g/mol. The van der Waals surface area contributed by atoms with Crippen molar-refractivity contribution in [2.24, 2.45) is 0 Å². The lowest BCUT2D eigenvalue weighted by atomic mass is 10.2. The van der Waals surface area contributed by atoms with E-state index in [1.54, 1.807) is 11.4 Å². The Morgan fingerprint density at radius 2 is 2.21 bits per heavy atom. The molecule has 0 fully saturated rings. The molecule has 8 nitrogen and oxygen atoms in total. The summed E-state index contributed by atoms with van der Waals surface area (Å²) in [6, 6.07) is 5.30. The molecule has 0 saturated carbocycles. The van der Waals surface area contributed by atoms with Gasteiger partial charge >= 0.3 is 5.97 Å². The molecule has 3 aromatic rings. The summed E-state index contributed by atoms with van der Waals surface area (Å²) in [6.45, 7) is -0.320. The van der Waals surface area contributed by atoms with Crippen LogP contribution in [0.1, 0.15) is 16.2 Å². The van der Waals surface area contributed by atoms with Crippen molar-refractivity contribution in [2.45, 2.75) is 6.61 Å². The zero-order valence-electron chi connectivity index (χ0n) is 11.8. The number of nitrogens with zero attached hydrogens (tertiary/aromatic N) is 2. The number of hydrogen-bond donors (Lipinski definition) is 1. The second-order valence-electron chi connectivity index (χ2n) is 4.64. The number of aromatic nitrogens is 2. The summed E-state index contributed by atoms with van der Waals surface area (Å²) in [5.41, 5.74) is -0.531. The first-order chi connectivity index (χ1) is 11.5. The Morgan fingerprint density at radius 1 is 1.42 bits per heavy atom. The third kappa shape index (κ3) is 3.12. The normalized spacial score (nSPS) is 10.7. The smallest absolute Gasteiger partial charge is 0.345 e. The summed E-state index contributed by atoms with van der Waals surface area (Å²) in [5, 5.41) is 12.8. The maximum atomic E-state index is 12.1. The van der Waals surface area contributed by atoms with Gasteiger partial charge in [-0.15, -0.1) is 11.3 Å². The Bertz CT molecular complexity index is 1010. The van der Waals surface area contributed by atoms with Gasteiger partial charge in [0.2, 0.25) is 0 Å². The molecular formula is C14H8ClN3O5S. The molecule has 0 spiro atoms. The number of benzene rings is 1. The molecule has 1 aromatic carbocycles. The summed E-state index contributed by atoms with van der Waals surface area (Å²) in [7, 11) is 0. The van der Waals surface area contributed by atoms with E-state index < -0.39 is 16.6 Å². The highest BCUT2D eigenvalue weighted by atomic mass is 35.5. The zero-order chi connectivity index (χ0) is 17.3. The van der Waals surface area contributed by atoms with Crippen molar-refractivity contribution < 1.29 is 14.5 Å². The number of nitro groups is 1. The van der Waals surface area contributed by atoms with Crippen LogP contribution in [0.5, 0.6) is 0 Å². The largest absolute Gasteiger partial charge is 0.454 e. The van der Waals surface area contributed by atoms with Crippen molar-refractivity contribution in [2.75, 3.05) is 0 Å². The summed E-state index contributed by atoms with van der Waals surface area (Å²) in [5.74, 6) is -0.762. The fourth-order valence-electron chi connectivity index (χ4n) is 2.03. The molecule has 1 N–H and O–H groups in total. The predicted octanol–water partition coefficient (Wildman–Crippen LogP) is 2.90. The number of nitro benzene ring substituents is 1. The van der Waals surface area contributed by atoms with E-state index >= 15 is 0 Å². The minimum Gasteiger partial charge on any atom is -0.454 e. The van der Waals surface area contributed by atoms with Gasteiger partial charge in [0.05, 0.1) is 10.4 Å². The lowest BCUT2D eigenvalue weighted by Crippen LogP contribution is -2.14. The molecule has 0 saturated heterocycles. The Morgan fingerprint density at radius 3 is 2.96 bits per heavy atom. The number of carbonyl (C=O) groups excluding carboxylic acids is 1. The van der Waals surface area contributed by atoms with E-state index in [4.69, 9.17) is 16.3 Å². The summed E-state index contributed by atoms with van der Waals surface area (Å²) in [4.78, 5) is 40.8. The number of aromatic amines is 1. The Balaban J connectivity index is 1.82. The first-order valence-electron chi connectivity index (χ1n) is 6.53. The number of nitrogens with one attached hydrogen (secondary N) is 1. The van der Waals surface area contributed by atoms with Crippen LogP contribution in [-0.4, -0.2) is 20.9 Å². The van der Waals surface area contributed by atoms with Crippen LogP contribution in [0.15, 0.2) is 34.4 Å². The van der Waals surface area contributed by atoms with Crippen molar-refractivity contribution in [3.8, 4) is 0 Å². The van der Waals surface area contributed by atoms with E-state index in [0.717, 1.165) is 6.07 Å². The molecule has 3 rings (SSSR count). The highest BCUT2D eigenvalue weighted by molar-refractivity contribution is 7.17. The summed E-state index contributed by atoms with van der Waals surface area (Å²) < 4.78 is 5.48. The Labute approximate surface area is 142 Å². The van der Waals surface area contributed by atoms with Crippen LogP contribution in [0, 0.1) is 10.1 Å². The van der Waals surface area contributed by atoms with Crippen LogP contribution in [0.2, 0.25) is 5.02 Å². The number of hydrogen-bond acceptors (Lipinski definition) is 7. The van der Waals surface area contributed by atoms with E-state index in [2.05, 4.69) is 9.97 Å². The first-order valence-corrected chi connectivity index (χ1v) is 7.79. The third-order valence-electron chi connectivity index (χ3n) is 3.08. The lowest BCUT2D eigenvalue weighted by Gasteiger charge is -2.05. The number of ether oxygens (including phenoxy) is 1. The fourth-order valence-corrected chi connectivity index (χ4v) is 2.92. The maximum Gasteiger partial charge on any atom is 0.345 e. The van der Waals surface area contributed by atoms with E-state index in [0.29, 0.717) is 10.2 Å². The summed E-state index contributed by atoms with van der Waals surface area (Å²) in [6.07, 6.45) is 0. The molecule has 122 valence electrons. The lowest BCUT2D eigenvalue weighted by molar-refractivity contribution is -0.385. The van der Waals surface area contributed by atoms with Gasteiger partial charge in [-0.2, -0.15) is 0 Å². The Hall–Kier alpha value is -2.78. The second-order valence-corrected chi connectivity index (χ2v) is 5.99. The number of carbonyl (C=O) groups is 1. The topological polar surface area (TPSA) is 115 Å². The van der Waals surface area contributed by atoms with Gasteiger partial charge in [0.25, 0.3) is 11.2 Å². The number of halogens is 1. The minimum atomic E-state index is -0.911. The van der Waals surface area contributed by atoms with Crippen molar-refractivity contribution in [1.82, 2.24) is 9.97 Å². The van der Waals surface area contributed by atoms with Crippen LogP contribution in [0.3, 0.4) is 0 Å². The van der Waals surface area contributed by atoms with E-state index in [1.807, 2.05) is 0 Å². The number of fused-ring (bicyclic) bond motifs is 1. The molecule has 0 radical (unpaired) electrons. The van der Waals surface area contributed by atoms with Crippen LogP contribution < -0.4 is 5.56 Å². The molecule has 10 heteroatoms.